The first-order chi connectivity index (χ1) is 11.2. The van der Waals surface area contributed by atoms with E-state index in [9.17, 15) is 4.79 Å². The SMILES string of the molecule is Cc1noc([C@@H]2COC[C@@H]3CN(C(=O)c4ccncn4)C[C@@H]32)n1. The van der Waals surface area contributed by atoms with E-state index in [1.165, 1.54) is 6.33 Å². The topological polar surface area (TPSA) is 94.2 Å². The third-order valence-electron chi connectivity index (χ3n) is 4.59. The quantitative estimate of drug-likeness (QED) is 0.804. The molecule has 120 valence electrons. The van der Waals surface area contributed by atoms with Crippen LogP contribution in [0.5, 0.6) is 0 Å². The summed E-state index contributed by atoms with van der Waals surface area (Å²) in [5, 5.41) is 3.87. The lowest BCUT2D eigenvalue weighted by Crippen LogP contribution is -2.33. The predicted molar refractivity (Wildman–Crippen MR) is 77.5 cm³/mol. The van der Waals surface area contributed by atoms with Crippen molar-refractivity contribution in [1.82, 2.24) is 25.0 Å². The number of ether oxygens (including phenoxy) is 1. The number of carbonyl (C=O) groups excluding carboxylic acids is 1. The van der Waals surface area contributed by atoms with Gasteiger partial charge in [0.2, 0.25) is 5.89 Å². The lowest BCUT2D eigenvalue weighted by molar-refractivity contribution is 0.00992. The van der Waals surface area contributed by atoms with Crippen molar-refractivity contribution in [3.05, 3.63) is 36.0 Å². The molecule has 3 atom stereocenters. The normalized spacial score (nSPS) is 27.0. The second-order valence-electron chi connectivity index (χ2n) is 6.05. The summed E-state index contributed by atoms with van der Waals surface area (Å²) in [5.74, 6) is 1.75. The Bertz CT molecular complexity index is 704. The summed E-state index contributed by atoms with van der Waals surface area (Å²) in [6.45, 7) is 4.33. The van der Waals surface area contributed by atoms with Gasteiger partial charge in [0.25, 0.3) is 5.91 Å². The van der Waals surface area contributed by atoms with Gasteiger partial charge >= 0.3 is 0 Å². The number of likely N-dealkylation sites (tertiary alicyclic amines) is 1. The highest BCUT2D eigenvalue weighted by atomic mass is 16.5. The van der Waals surface area contributed by atoms with Crippen LogP contribution in [-0.4, -0.2) is 57.2 Å². The Morgan fingerprint density at radius 3 is 3.00 bits per heavy atom. The molecule has 2 aromatic heterocycles. The first kappa shape index (κ1) is 14.3. The average Bonchev–Trinajstić information content (AvgIpc) is 3.20. The van der Waals surface area contributed by atoms with Crippen LogP contribution in [0.1, 0.15) is 28.1 Å². The second kappa shape index (κ2) is 5.69. The highest BCUT2D eigenvalue weighted by molar-refractivity contribution is 5.92. The summed E-state index contributed by atoms with van der Waals surface area (Å²) in [6, 6.07) is 1.64. The molecule has 0 aromatic carbocycles. The van der Waals surface area contributed by atoms with E-state index in [4.69, 9.17) is 9.26 Å². The molecule has 0 spiro atoms. The van der Waals surface area contributed by atoms with Gasteiger partial charge in [-0.3, -0.25) is 4.79 Å². The molecule has 2 aromatic rings. The summed E-state index contributed by atoms with van der Waals surface area (Å²) in [6.07, 6.45) is 2.97. The van der Waals surface area contributed by atoms with Crippen molar-refractivity contribution in [1.29, 1.82) is 0 Å². The lowest BCUT2D eigenvalue weighted by atomic mass is 9.83. The number of amides is 1. The first-order valence-electron chi connectivity index (χ1n) is 7.65. The Labute approximate surface area is 132 Å². The lowest BCUT2D eigenvalue weighted by Gasteiger charge is -2.30. The minimum atomic E-state index is -0.0674. The van der Waals surface area contributed by atoms with Crippen LogP contribution in [0, 0.1) is 18.8 Å². The number of aryl methyl sites for hydroxylation is 1. The highest BCUT2D eigenvalue weighted by Crippen LogP contribution is 2.39. The van der Waals surface area contributed by atoms with E-state index < -0.39 is 0 Å². The number of carbonyl (C=O) groups is 1. The molecule has 0 radical (unpaired) electrons. The molecule has 0 bridgehead atoms. The molecule has 2 saturated heterocycles. The van der Waals surface area contributed by atoms with E-state index >= 15 is 0 Å². The molecule has 1 amide bonds. The van der Waals surface area contributed by atoms with E-state index in [0.29, 0.717) is 43.7 Å². The summed E-state index contributed by atoms with van der Waals surface area (Å²) in [5.41, 5.74) is 0.421. The number of fused-ring (bicyclic) bond motifs is 1. The molecule has 2 fully saturated rings. The number of hydrogen-bond donors (Lipinski definition) is 0. The third kappa shape index (κ3) is 2.59. The zero-order valence-electron chi connectivity index (χ0n) is 12.8. The van der Waals surface area contributed by atoms with Gasteiger partial charge in [-0.25, -0.2) is 9.97 Å². The molecular formula is C15H17N5O3. The van der Waals surface area contributed by atoms with E-state index in [1.54, 1.807) is 19.2 Å². The minimum absolute atomic E-state index is 0.0400. The maximum absolute atomic E-state index is 12.6. The van der Waals surface area contributed by atoms with Crippen LogP contribution in [0.2, 0.25) is 0 Å². The molecular weight excluding hydrogens is 298 g/mol. The Morgan fingerprint density at radius 1 is 1.35 bits per heavy atom. The van der Waals surface area contributed by atoms with E-state index in [-0.39, 0.29) is 23.7 Å². The smallest absolute Gasteiger partial charge is 0.272 e. The van der Waals surface area contributed by atoms with E-state index in [2.05, 4.69) is 20.1 Å². The van der Waals surface area contributed by atoms with Crippen molar-refractivity contribution in [2.45, 2.75) is 12.8 Å². The molecule has 0 N–H and O–H groups in total. The third-order valence-corrected chi connectivity index (χ3v) is 4.59. The Morgan fingerprint density at radius 2 is 2.26 bits per heavy atom. The summed E-state index contributed by atoms with van der Waals surface area (Å²) < 4.78 is 11.0. The van der Waals surface area contributed by atoms with Crippen molar-refractivity contribution in [3.8, 4) is 0 Å². The van der Waals surface area contributed by atoms with Gasteiger partial charge in [0.05, 0.1) is 19.1 Å². The molecule has 0 unspecified atom stereocenters. The zero-order chi connectivity index (χ0) is 15.8. The molecule has 8 nitrogen and oxygen atoms in total. The largest absolute Gasteiger partial charge is 0.380 e. The van der Waals surface area contributed by atoms with Gasteiger partial charge in [0.15, 0.2) is 5.82 Å². The minimum Gasteiger partial charge on any atom is -0.380 e. The van der Waals surface area contributed by atoms with Crippen molar-refractivity contribution in [2.75, 3.05) is 26.3 Å². The van der Waals surface area contributed by atoms with Crippen molar-refractivity contribution >= 4 is 5.91 Å². The fraction of sp³-hybridized carbons (Fsp3) is 0.533. The van der Waals surface area contributed by atoms with Gasteiger partial charge in [0, 0.05) is 25.2 Å². The van der Waals surface area contributed by atoms with Crippen molar-refractivity contribution in [2.24, 2.45) is 11.8 Å². The van der Waals surface area contributed by atoms with Crippen LogP contribution >= 0.6 is 0 Å². The molecule has 8 heteroatoms. The van der Waals surface area contributed by atoms with Crippen LogP contribution in [0.25, 0.3) is 0 Å². The average molecular weight is 315 g/mol. The van der Waals surface area contributed by atoms with E-state index in [0.717, 1.165) is 0 Å². The predicted octanol–water partition coefficient (Wildman–Crippen LogP) is 0.670. The molecule has 4 rings (SSSR count). The number of hydrogen-bond acceptors (Lipinski definition) is 7. The Balaban J connectivity index is 1.54. The van der Waals surface area contributed by atoms with Gasteiger partial charge in [-0.2, -0.15) is 4.98 Å². The number of rotatable bonds is 2. The summed E-state index contributed by atoms with van der Waals surface area (Å²) in [4.78, 5) is 26.7. The monoisotopic (exact) mass is 315 g/mol. The fourth-order valence-corrected chi connectivity index (χ4v) is 3.46. The van der Waals surface area contributed by atoms with Gasteiger partial charge in [-0.1, -0.05) is 5.16 Å². The fourth-order valence-electron chi connectivity index (χ4n) is 3.46. The van der Waals surface area contributed by atoms with E-state index in [1.807, 2.05) is 4.90 Å². The van der Waals surface area contributed by atoms with Crippen molar-refractivity contribution < 1.29 is 14.1 Å². The molecule has 2 aliphatic heterocycles. The maximum Gasteiger partial charge on any atom is 0.272 e. The Kier molecular flexibility index (Phi) is 3.53. The van der Waals surface area contributed by atoms with Crippen LogP contribution < -0.4 is 0 Å². The molecule has 4 heterocycles. The number of aromatic nitrogens is 4. The van der Waals surface area contributed by atoms with Crippen LogP contribution in [0.3, 0.4) is 0 Å². The van der Waals surface area contributed by atoms with Gasteiger partial charge < -0.3 is 14.2 Å². The first-order valence-corrected chi connectivity index (χ1v) is 7.65. The van der Waals surface area contributed by atoms with Crippen LogP contribution in [0.4, 0.5) is 0 Å². The van der Waals surface area contributed by atoms with Gasteiger partial charge in [-0.05, 0) is 18.9 Å². The highest BCUT2D eigenvalue weighted by Gasteiger charge is 2.45. The molecule has 0 saturated carbocycles. The van der Waals surface area contributed by atoms with Crippen LogP contribution in [-0.2, 0) is 4.74 Å². The number of nitrogens with zero attached hydrogens (tertiary/aromatic N) is 5. The second-order valence-corrected chi connectivity index (χ2v) is 6.05. The summed E-state index contributed by atoms with van der Waals surface area (Å²) in [7, 11) is 0. The van der Waals surface area contributed by atoms with Gasteiger partial charge in [0.1, 0.15) is 12.0 Å². The zero-order valence-corrected chi connectivity index (χ0v) is 12.8. The molecule has 23 heavy (non-hydrogen) atoms. The Hall–Kier alpha value is -2.35. The standard InChI is InChI=1S/C15H17N5O3/c1-9-18-14(23-19-9)12-7-22-6-10-4-20(5-11(10)12)15(21)13-2-3-16-8-17-13/h2-3,8,10-12H,4-7H2,1H3/t10-,11-,12+/m0/s1. The van der Waals surface area contributed by atoms with Gasteiger partial charge in [-0.15, -0.1) is 0 Å². The van der Waals surface area contributed by atoms with Crippen LogP contribution in [0.15, 0.2) is 23.1 Å². The maximum atomic E-state index is 12.6. The summed E-state index contributed by atoms with van der Waals surface area (Å²) >= 11 is 0. The van der Waals surface area contributed by atoms with Crippen molar-refractivity contribution in [3.63, 3.8) is 0 Å². The molecule has 0 aliphatic carbocycles. The molecule has 2 aliphatic rings.